The van der Waals surface area contributed by atoms with Gasteiger partial charge in [-0.05, 0) is 15.9 Å². The van der Waals surface area contributed by atoms with Crippen LogP contribution < -0.4 is 0 Å². The van der Waals surface area contributed by atoms with Crippen LogP contribution in [0.1, 0.15) is 0 Å². The van der Waals surface area contributed by atoms with Gasteiger partial charge in [0.1, 0.15) is 0 Å². The normalized spacial score (nSPS) is 13.0. The molecule has 0 aromatic carbocycles. The average Bonchev–Trinajstić information content (AvgIpc) is 1.65. The molecule has 0 aliphatic carbocycles. The Bertz CT molecular complexity index is 70.6. The molecule has 0 radical (unpaired) electrons. The van der Waals surface area contributed by atoms with Crippen LogP contribution in [0.5, 0.6) is 0 Å². The van der Waals surface area contributed by atoms with Crippen molar-refractivity contribution in [1.29, 1.82) is 0 Å². The third kappa shape index (κ3) is 2.59. The van der Waals surface area contributed by atoms with Gasteiger partial charge < -0.3 is 9.84 Å². The van der Waals surface area contributed by atoms with E-state index in [1.807, 2.05) is 0 Å². The Balaban J connectivity index is 3.35. The summed E-state index contributed by atoms with van der Waals surface area (Å²) in [7, 11) is 1.20. The maximum Gasteiger partial charge on any atom is 0.345 e. The molecule has 0 heterocycles. The SMILES string of the molecule is COC(=O)C(O)Br. The van der Waals surface area contributed by atoms with Crippen LogP contribution >= 0.6 is 15.9 Å². The standard InChI is InChI=1S/C3H5BrO3/c1-7-3(6)2(4)5/h2,5H,1H3. The first kappa shape index (κ1) is 6.91. The Morgan fingerprint density at radius 1 is 2.00 bits per heavy atom. The van der Waals surface area contributed by atoms with Gasteiger partial charge in [-0.25, -0.2) is 4.79 Å². The predicted octanol–water partition coefficient (Wildman–Crippen LogP) is -0.127. The Morgan fingerprint density at radius 3 is 2.43 bits per heavy atom. The summed E-state index contributed by atoms with van der Waals surface area (Å²) in [6.45, 7) is 0. The monoisotopic (exact) mass is 168 g/mol. The van der Waals surface area contributed by atoms with Crippen molar-refractivity contribution in [3.8, 4) is 0 Å². The van der Waals surface area contributed by atoms with E-state index in [1.165, 1.54) is 7.11 Å². The number of aliphatic hydroxyl groups excluding tert-OH is 1. The third-order valence-electron chi connectivity index (χ3n) is 0.396. The van der Waals surface area contributed by atoms with E-state index in [2.05, 4.69) is 20.7 Å². The lowest BCUT2D eigenvalue weighted by Gasteiger charge is -1.95. The van der Waals surface area contributed by atoms with E-state index < -0.39 is 11.0 Å². The number of esters is 1. The summed E-state index contributed by atoms with van der Waals surface area (Å²) in [6, 6.07) is 0. The number of carbonyl (C=O) groups excluding carboxylic acids is 1. The predicted molar refractivity (Wildman–Crippen MR) is 26.9 cm³/mol. The molecule has 0 aliphatic heterocycles. The Labute approximate surface area is 49.4 Å². The van der Waals surface area contributed by atoms with Crippen LogP contribution in [0.25, 0.3) is 0 Å². The van der Waals surface area contributed by atoms with Crippen LogP contribution in [0, 0.1) is 0 Å². The van der Waals surface area contributed by atoms with Crippen molar-refractivity contribution in [1.82, 2.24) is 0 Å². The Hall–Kier alpha value is -0.0900. The van der Waals surface area contributed by atoms with Crippen LogP contribution in [0.3, 0.4) is 0 Å². The van der Waals surface area contributed by atoms with E-state index in [0.29, 0.717) is 0 Å². The first-order chi connectivity index (χ1) is 3.18. The first-order valence-corrected chi connectivity index (χ1v) is 2.50. The second-order valence-electron chi connectivity index (χ2n) is 0.859. The third-order valence-corrected chi connectivity index (χ3v) is 0.770. The quantitative estimate of drug-likeness (QED) is 0.439. The zero-order chi connectivity index (χ0) is 5.86. The number of rotatable bonds is 1. The number of hydrogen-bond acceptors (Lipinski definition) is 3. The molecule has 1 unspecified atom stereocenters. The molecule has 42 valence electrons. The number of methoxy groups -OCH3 is 1. The van der Waals surface area contributed by atoms with Crippen LogP contribution in [-0.2, 0) is 9.53 Å². The molecule has 0 aromatic rings. The molecule has 0 rings (SSSR count). The van der Waals surface area contributed by atoms with Gasteiger partial charge in [0.15, 0.2) is 0 Å². The van der Waals surface area contributed by atoms with Crippen molar-refractivity contribution in [3.63, 3.8) is 0 Å². The largest absolute Gasteiger partial charge is 0.466 e. The molecule has 0 saturated heterocycles. The van der Waals surface area contributed by atoms with Crippen LogP contribution in [0.15, 0.2) is 0 Å². The van der Waals surface area contributed by atoms with Gasteiger partial charge >= 0.3 is 5.97 Å². The smallest absolute Gasteiger partial charge is 0.345 e. The first-order valence-electron chi connectivity index (χ1n) is 1.58. The van der Waals surface area contributed by atoms with E-state index in [9.17, 15) is 4.79 Å². The molecule has 1 N–H and O–H groups in total. The highest BCUT2D eigenvalue weighted by atomic mass is 79.9. The van der Waals surface area contributed by atoms with Crippen molar-refractivity contribution in [2.75, 3.05) is 7.11 Å². The van der Waals surface area contributed by atoms with Gasteiger partial charge in [0.25, 0.3) is 0 Å². The molecule has 0 aliphatic rings. The summed E-state index contributed by atoms with van der Waals surface area (Å²) in [4.78, 5) is 9.99. The van der Waals surface area contributed by atoms with Crippen LogP contribution in [-0.4, -0.2) is 23.2 Å². The summed E-state index contributed by atoms with van der Waals surface area (Å²) in [5, 5.41) is 7.08. The fourth-order valence-electron chi connectivity index (χ4n) is 0.0972. The molecular weight excluding hydrogens is 164 g/mol. The zero-order valence-electron chi connectivity index (χ0n) is 3.72. The molecule has 0 spiro atoms. The summed E-state index contributed by atoms with van der Waals surface area (Å²) < 4.78 is 4.08. The minimum absolute atomic E-state index is 0.681. The van der Waals surface area contributed by atoms with Gasteiger partial charge in [0, 0.05) is 0 Å². The molecule has 0 fully saturated rings. The lowest BCUT2D eigenvalue weighted by molar-refractivity contribution is -0.145. The van der Waals surface area contributed by atoms with E-state index in [0.717, 1.165) is 0 Å². The number of hydrogen-bond donors (Lipinski definition) is 1. The van der Waals surface area contributed by atoms with Crippen molar-refractivity contribution in [2.45, 2.75) is 5.01 Å². The number of halogens is 1. The summed E-state index contributed by atoms with van der Waals surface area (Å²) in [6.07, 6.45) is 0. The molecule has 3 nitrogen and oxygen atoms in total. The molecule has 0 bridgehead atoms. The molecule has 7 heavy (non-hydrogen) atoms. The maximum atomic E-state index is 9.99. The van der Waals surface area contributed by atoms with Gasteiger partial charge in [-0.1, -0.05) is 0 Å². The van der Waals surface area contributed by atoms with E-state index >= 15 is 0 Å². The number of carbonyl (C=O) groups is 1. The highest BCUT2D eigenvalue weighted by Gasteiger charge is 2.07. The fraction of sp³-hybridized carbons (Fsp3) is 0.667. The van der Waals surface area contributed by atoms with Gasteiger partial charge in [0.05, 0.1) is 7.11 Å². The number of ether oxygens (including phenoxy) is 1. The van der Waals surface area contributed by atoms with E-state index in [-0.39, 0.29) is 0 Å². The lowest BCUT2D eigenvalue weighted by Crippen LogP contribution is -2.13. The van der Waals surface area contributed by atoms with Gasteiger partial charge in [-0.2, -0.15) is 0 Å². The second-order valence-corrected chi connectivity index (χ2v) is 1.73. The average molecular weight is 169 g/mol. The fourth-order valence-corrected chi connectivity index (χ4v) is 0.284. The molecule has 0 aromatic heterocycles. The topological polar surface area (TPSA) is 46.5 Å². The number of aliphatic hydroxyl groups is 1. The van der Waals surface area contributed by atoms with E-state index in [4.69, 9.17) is 5.11 Å². The van der Waals surface area contributed by atoms with Crippen molar-refractivity contribution < 1.29 is 14.6 Å². The van der Waals surface area contributed by atoms with Crippen LogP contribution in [0.4, 0.5) is 0 Å². The number of alkyl halides is 1. The van der Waals surface area contributed by atoms with Crippen molar-refractivity contribution in [3.05, 3.63) is 0 Å². The molecule has 1 atom stereocenters. The maximum absolute atomic E-state index is 9.99. The van der Waals surface area contributed by atoms with Crippen molar-refractivity contribution in [2.24, 2.45) is 0 Å². The highest BCUT2D eigenvalue weighted by Crippen LogP contribution is 1.93. The van der Waals surface area contributed by atoms with Crippen molar-refractivity contribution >= 4 is 21.9 Å². The zero-order valence-corrected chi connectivity index (χ0v) is 5.31. The minimum Gasteiger partial charge on any atom is -0.466 e. The van der Waals surface area contributed by atoms with Gasteiger partial charge in [-0.15, -0.1) is 0 Å². The summed E-state index contributed by atoms with van der Waals surface area (Å²) >= 11 is 2.58. The second kappa shape index (κ2) is 2.98. The molecule has 4 heteroatoms. The Morgan fingerprint density at radius 2 is 2.43 bits per heavy atom. The highest BCUT2D eigenvalue weighted by molar-refractivity contribution is 9.09. The van der Waals surface area contributed by atoms with E-state index in [1.54, 1.807) is 0 Å². The summed E-state index contributed by atoms with van der Waals surface area (Å²) in [5.41, 5.74) is 0. The Kier molecular flexibility index (Phi) is 2.95. The molecular formula is C3H5BrO3. The minimum atomic E-state index is -1.18. The van der Waals surface area contributed by atoms with Crippen LogP contribution in [0.2, 0.25) is 0 Å². The summed E-state index contributed by atoms with van der Waals surface area (Å²) in [5.74, 6) is -0.681. The molecule has 0 saturated carbocycles. The van der Waals surface area contributed by atoms with Gasteiger partial charge in [-0.3, -0.25) is 0 Å². The van der Waals surface area contributed by atoms with Gasteiger partial charge in [0.2, 0.25) is 5.01 Å². The lowest BCUT2D eigenvalue weighted by atomic mass is 10.7. The molecule has 0 amide bonds.